The number of nitrogens with one attached hydrogen (secondary N) is 1. The molecule has 3 rings (SSSR count). The number of hydrogen-bond acceptors (Lipinski definition) is 5. The van der Waals surface area contributed by atoms with E-state index in [-0.39, 0.29) is 22.9 Å². The van der Waals surface area contributed by atoms with Crippen molar-refractivity contribution in [3.05, 3.63) is 48.3 Å². The smallest absolute Gasteiger partial charge is 0.410 e. The Kier molecular flexibility index (Phi) is 7.18. The molecule has 1 fully saturated rings. The Hall–Kier alpha value is -2.85. The molecule has 2 heterocycles. The van der Waals surface area contributed by atoms with Gasteiger partial charge in [0.1, 0.15) is 11.3 Å². The normalized spacial score (nSPS) is 15.5. The van der Waals surface area contributed by atoms with E-state index in [9.17, 15) is 18.0 Å². The summed E-state index contributed by atoms with van der Waals surface area (Å²) in [6.07, 6.45) is 2.93. The molecule has 0 saturated carbocycles. The number of ether oxygens (including phenoxy) is 1. The maximum atomic E-state index is 13.0. The Balaban J connectivity index is 1.68. The first-order valence-corrected chi connectivity index (χ1v) is 12.3. The van der Waals surface area contributed by atoms with Crippen molar-refractivity contribution in [3.8, 4) is 0 Å². The molecule has 10 heteroatoms. The Labute approximate surface area is 195 Å². The highest BCUT2D eigenvalue weighted by atomic mass is 32.2. The van der Waals surface area contributed by atoms with Crippen LogP contribution in [-0.2, 0) is 14.8 Å². The molecule has 1 aromatic heterocycles. The van der Waals surface area contributed by atoms with Crippen molar-refractivity contribution in [1.82, 2.24) is 13.8 Å². The maximum absolute atomic E-state index is 13.0. The molecule has 0 aliphatic carbocycles. The van der Waals surface area contributed by atoms with Crippen molar-refractivity contribution in [2.45, 2.75) is 50.2 Å². The molecule has 1 aliphatic rings. The van der Waals surface area contributed by atoms with Crippen molar-refractivity contribution in [3.63, 3.8) is 0 Å². The van der Waals surface area contributed by atoms with Crippen molar-refractivity contribution < 1.29 is 22.7 Å². The predicted molar refractivity (Wildman–Crippen MR) is 126 cm³/mol. The molecule has 2 aromatic rings. The maximum Gasteiger partial charge on any atom is 0.410 e. The molecule has 180 valence electrons. The van der Waals surface area contributed by atoms with Gasteiger partial charge in [-0.05, 0) is 63.9 Å². The van der Waals surface area contributed by atoms with E-state index in [4.69, 9.17) is 4.74 Å². The second-order valence-corrected chi connectivity index (χ2v) is 11.4. The zero-order chi connectivity index (χ0) is 24.4. The second kappa shape index (κ2) is 9.56. The predicted octanol–water partition coefficient (Wildman–Crippen LogP) is 3.56. The molecule has 33 heavy (non-hydrogen) atoms. The molecule has 1 saturated heterocycles. The lowest BCUT2D eigenvalue weighted by atomic mass is 10.0. The monoisotopic (exact) mass is 476 g/mol. The molecule has 0 atom stereocenters. The molecule has 0 radical (unpaired) electrons. The fraction of sp³-hybridized carbons (Fsp3) is 0.478. The lowest BCUT2D eigenvalue weighted by Crippen LogP contribution is -2.42. The number of aromatic nitrogens is 1. The summed E-state index contributed by atoms with van der Waals surface area (Å²) < 4.78 is 33.3. The highest BCUT2D eigenvalue weighted by molar-refractivity contribution is 7.89. The van der Waals surface area contributed by atoms with E-state index in [2.05, 4.69) is 5.32 Å². The second-order valence-electron chi connectivity index (χ2n) is 9.27. The van der Waals surface area contributed by atoms with Crippen molar-refractivity contribution >= 4 is 27.7 Å². The van der Waals surface area contributed by atoms with Crippen LogP contribution in [0.5, 0.6) is 0 Å². The summed E-state index contributed by atoms with van der Waals surface area (Å²) in [4.78, 5) is 27.1. The Bertz CT molecular complexity index is 1110. The van der Waals surface area contributed by atoms with Gasteiger partial charge in [-0.15, -0.1) is 0 Å². The van der Waals surface area contributed by atoms with Gasteiger partial charge < -0.3 is 19.5 Å². The van der Waals surface area contributed by atoms with E-state index in [0.717, 1.165) is 4.31 Å². The Morgan fingerprint density at radius 3 is 2.36 bits per heavy atom. The van der Waals surface area contributed by atoms with Crippen LogP contribution in [-0.4, -0.2) is 67.0 Å². The summed E-state index contributed by atoms with van der Waals surface area (Å²) in [5.41, 5.74) is 0.338. The number of hydrogen-bond donors (Lipinski definition) is 1. The van der Waals surface area contributed by atoms with E-state index in [1.165, 1.54) is 26.2 Å². The van der Waals surface area contributed by atoms with Crippen LogP contribution in [0.1, 0.15) is 50.1 Å². The standard InChI is InChI=1S/C23H32N4O5S/c1-23(2,3)32-22(29)26-14-11-18(12-15-26)27-13-7-10-20(27)21(28)24-17-8-6-9-19(16-17)33(30,31)25(4)5/h6-10,13,16,18H,11-12,14-15H2,1-5H3,(H,24,28). The van der Waals surface area contributed by atoms with Crippen LogP contribution < -0.4 is 5.32 Å². The third-order valence-electron chi connectivity index (χ3n) is 5.39. The average molecular weight is 477 g/mol. The van der Waals surface area contributed by atoms with Gasteiger partial charge in [-0.3, -0.25) is 4.79 Å². The molecular formula is C23H32N4O5S. The number of amides is 2. The molecule has 0 unspecified atom stereocenters. The average Bonchev–Trinajstić information content (AvgIpc) is 3.23. The third kappa shape index (κ3) is 5.94. The van der Waals surface area contributed by atoms with Gasteiger partial charge in [-0.1, -0.05) is 6.07 Å². The summed E-state index contributed by atoms with van der Waals surface area (Å²) >= 11 is 0. The molecule has 1 N–H and O–H groups in total. The minimum Gasteiger partial charge on any atom is -0.444 e. The van der Waals surface area contributed by atoms with E-state index in [1.54, 1.807) is 23.1 Å². The van der Waals surface area contributed by atoms with Gasteiger partial charge in [-0.2, -0.15) is 0 Å². The first kappa shape index (κ1) is 24.8. The molecule has 2 amide bonds. The van der Waals surface area contributed by atoms with Gasteiger partial charge in [-0.25, -0.2) is 17.5 Å². The molecule has 1 aliphatic heterocycles. The summed E-state index contributed by atoms with van der Waals surface area (Å²) in [5, 5.41) is 2.80. The zero-order valence-corrected chi connectivity index (χ0v) is 20.6. The quantitative estimate of drug-likeness (QED) is 0.711. The Morgan fingerprint density at radius 1 is 1.09 bits per heavy atom. The van der Waals surface area contributed by atoms with E-state index in [0.29, 0.717) is 37.3 Å². The highest BCUT2D eigenvalue weighted by Crippen LogP contribution is 2.26. The fourth-order valence-corrected chi connectivity index (χ4v) is 4.65. The molecule has 1 aromatic carbocycles. The van der Waals surface area contributed by atoms with Crippen LogP contribution in [0.15, 0.2) is 47.5 Å². The van der Waals surface area contributed by atoms with Crippen molar-refractivity contribution in [1.29, 1.82) is 0 Å². The number of anilines is 1. The number of likely N-dealkylation sites (tertiary alicyclic amines) is 1. The van der Waals surface area contributed by atoms with Gasteiger partial charge in [0.25, 0.3) is 5.91 Å². The first-order valence-electron chi connectivity index (χ1n) is 10.9. The summed E-state index contributed by atoms with van der Waals surface area (Å²) in [6, 6.07) is 9.79. The van der Waals surface area contributed by atoms with E-state index < -0.39 is 15.6 Å². The van der Waals surface area contributed by atoms with Crippen LogP contribution in [0.4, 0.5) is 10.5 Å². The molecule has 9 nitrogen and oxygen atoms in total. The van der Waals surface area contributed by atoms with Crippen LogP contribution in [0.25, 0.3) is 0 Å². The third-order valence-corrected chi connectivity index (χ3v) is 7.20. The SMILES string of the molecule is CN(C)S(=O)(=O)c1cccc(NC(=O)c2cccn2C2CCN(C(=O)OC(C)(C)C)CC2)c1. The summed E-state index contributed by atoms with van der Waals surface area (Å²) in [5.74, 6) is -0.325. The van der Waals surface area contributed by atoms with Gasteiger partial charge in [0.05, 0.1) is 4.90 Å². The van der Waals surface area contributed by atoms with E-state index in [1.807, 2.05) is 37.6 Å². The minimum absolute atomic E-state index is 0.0693. The van der Waals surface area contributed by atoms with Crippen LogP contribution in [0.2, 0.25) is 0 Å². The van der Waals surface area contributed by atoms with Gasteiger partial charge in [0.15, 0.2) is 0 Å². The molecular weight excluding hydrogens is 444 g/mol. The van der Waals surface area contributed by atoms with Gasteiger partial charge in [0, 0.05) is 45.1 Å². The lowest BCUT2D eigenvalue weighted by Gasteiger charge is -2.34. The molecule has 0 spiro atoms. The largest absolute Gasteiger partial charge is 0.444 e. The van der Waals surface area contributed by atoms with Crippen LogP contribution >= 0.6 is 0 Å². The number of sulfonamides is 1. The Morgan fingerprint density at radius 2 is 1.76 bits per heavy atom. The number of nitrogens with zero attached hydrogens (tertiary/aromatic N) is 3. The summed E-state index contributed by atoms with van der Waals surface area (Å²) in [7, 11) is -0.684. The number of rotatable bonds is 5. The first-order chi connectivity index (χ1) is 15.4. The topological polar surface area (TPSA) is 101 Å². The van der Waals surface area contributed by atoms with Crippen LogP contribution in [0.3, 0.4) is 0 Å². The molecule has 0 bridgehead atoms. The van der Waals surface area contributed by atoms with Crippen molar-refractivity contribution in [2.75, 3.05) is 32.5 Å². The van der Waals surface area contributed by atoms with Gasteiger partial charge >= 0.3 is 6.09 Å². The number of benzene rings is 1. The van der Waals surface area contributed by atoms with E-state index >= 15 is 0 Å². The highest BCUT2D eigenvalue weighted by Gasteiger charge is 2.29. The van der Waals surface area contributed by atoms with Crippen molar-refractivity contribution in [2.24, 2.45) is 0 Å². The minimum atomic E-state index is -3.60. The number of piperidine rings is 1. The summed E-state index contributed by atoms with van der Waals surface area (Å²) in [6.45, 7) is 6.61. The number of carbonyl (C=O) groups is 2. The van der Waals surface area contributed by atoms with Crippen LogP contribution in [0, 0.1) is 0 Å². The fourth-order valence-electron chi connectivity index (χ4n) is 3.70. The number of carbonyl (C=O) groups excluding carboxylic acids is 2. The van der Waals surface area contributed by atoms with Gasteiger partial charge in [0.2, 0.25) is 10.0 Å². The lowest BCUT2D eigenvalue weighted by molar-refractivity contribution is 0.0187. The zero-order valence-electron chi connectivity index (χ0n) is 19.7.